The third-order valence-electron chi connectivity index (χ3n) is 6.12. The summed E-state index contributed by atoms with van der Waals surface area (Å²) in [7, 11) is 0. The fraction of sp³-hybridized carbons (Fsp3) is 0.0333. The van der Waals surface area contributed by atoms with Crippen LogP contribution in [-0.2, 0) is 6.54 Å². The standard InChI is InChI=1S/C30H22N6O3S/c31-17-19-6-11-24(33-18-19)27-16-25-28(40-27)26(13-14-32-25)39-22-9-7-20(8-10-22)35-29(37)23-12-15-34-36(30(23)38)21-4-2-1-3-5-21/h1-16,18H,17,31H2,(H,35,37). The first-order valence-electron chi connectivity index (χ1n) is 12.4. The van der Waals surface area contributed by atoms with Crippen LogP contribution >= 0.6 is 11.3 Å². The van der Waals surface area contributed by atoms with Gasteiger partial charge in [0, 0.05) is 36.9 Å². The van der Waals surface area contributed by atoms with Crippen molar-refractivity contribution >= 4 is 33.1 Å². The molecule has 0 aliphatic rings. The lowest BCUT2D eigenvalue weighted by atomic mass is 10.2. The van der Waals surface area contributed by atoms with E-state index in [1.54, 1.807) is 72.3 Å². The molecule has 0 aliphatic carbocycles. The summed E-state index contributed by atoms with van der Waals surface area (Å²) in [5.41, 5.74) is 8.88. The Balaban J connectivity index is 1.19. The molecule has 196 valence electrons. The third-order valence-corrected chi connectivity index (χ3v) is 7.28. The van der Waals surface area contributed by atoms with Crippen LogP contribution in [0.2, 0.25) is 0 Å². The molecule has 4 aromatic heterocycles. The molecule has 0 fully saturated rings. The van der Waals surface area contributed by atoms with Crippen molar-refractivity contribution < 1.29 is 9.53 Å². The predicted molar refractivity (Wildman–Crippen MR) is 155 cm³/mol. The molecule has 4 heterocycles. The summed E-state index contributed by atoms with van der Waals surface area (Å²) >= 11 is 1.54. The number of hydrogen-bond donors (Lipinski definition) is 2. The number of aromatic nitrogens is 4. The van der Waals surface area contributed by atoms with Gasteiger partial charge in [0.2, 0.25) is 0 Å². The number of carbonyl (C=O) groups is 1. The zero-order valence-electron chi connectivity index (χ0n) is 21.0. The van der Waals surface area contributed by atoms with E-state index in [9.17, 15) is 9.59 Å². The van der Waals surface area contributed by atoms with Crippen molar-refractivity contribution in [2.75, 3.05) is 5.32 Å². The van der Waals surface area contributed by atoms with Crippen LogP contribution in [0.1, 0.15) is 15.9 Å². The number of carbonyl (C=O) groups excluding carboxylic acids is 1. The van der Waals surface area contributed by atoms with Gasteiger partial charge in [-0.15, -0.1) is 11.3 Å². The minimum absolute atomic E-state index is 0.0148. The second-order valence-corrected chi connectivity index (χ2v) is 9.82. The lowest BCUT2D eigenvalue weighted by molar-refractivity contribution is 0.102. The summed E-state index contributed by atoms with van der Waals surface area (Å²) in [4.78, 5) is 35.8. The van der Waals surface area contributed by atoms with E-state index < -0.39 is 11.5 Å². The minimum atomic E-state index is -0.527. The maximum Gasteiger partial charge on any atom is 0.284 e. The number of anilines is 1. The zero-order chi connectivity index (χ0) is 27.5. The van der Waals surface area contributed by atoms with E-state index >= 15 is 0 Å². The lowest BCUT2D eigenvalue weighted by Gasteiger charge is -2.09. The summed E-state index contributed by atoms with van der Waals surface area (Å²) in [6.45, 7) is 0.444. The number of hydrogen-bond acceptors (Lipinski definition) is 8. The Morgan fingerprint density at radius 3 is 2.52 bits per heavy atom. The largest absolute Gasteiger partial charge is 0.456 e. The number of benzene rings is 2. The van der Waals surface area contributed by atoms with Gasteiger partial charge in [-0.05, 0) is 60.2 Å². The van der Waals surface area contributed by atoms with Gasteiger partial charge in [-0.2, -0.15) is 9.78 Å². The Kier molecular flexibility index (Phi) is 6.84. The Morgan fingerprint density at radius 1 is 0.950 bits per heavy atom. The van der Waals surface area contributed by atoms with Gasteiger partial charge >= 0.3 is 0 Å². The normalized spacial score (nSPS) is 10.9. The zero-order valence-corrected chi connectivity index (χ0v) is 21.8. The van der Waals surface area contributed by atoms with Gasteiger partial charge in [-0.25, -0.2) is 0 Å². The number of fused-ring (bicyclic) bond motifs is 1. The van der Waals surface area contributed by atoms with E-state index in [2.05, 4.69) is 20.4 Å². The number of para-hydroxylation sites is 1. The predicted octanol–water partition coefficient (Wildman–Crippen LogP) is 5.41. The van der Waals surface area contributed by atoms with Gasteiger partial charge in [0.1, 0.15) is 17.1 Å². The number of thiophene rings is 1. The summed E-state index contributed by atoms with van der Waals surface area (Å²) in [6.07, 6.45) is 4.90. The highest BCUT2D eigenvalue weighted by Crippen LogP contribution is 2.38. The molecule has 40 heavy (non-hydrogen) atoms. The van der Waals surface area contributed by atoms with Crippen molar-refractivity contribution in [1.82, 2.24) is 19.7 Å². The molecule has 0 atom stereocenters. The maximum absolute atomic E-state index is 12.9. The maximum atomic E-state index is 12.9. The van der Waals surface area contributed by atoms with E-state index in [0.717, 1.165) is 26.4 Å². The van der Waals surface area contributed by atoms with Crippen molar-refractivity contribution in [3.05, 3.63) is 125 Å². The van der Waals surface area contributed by atoms with E-state index in [-0.39, 0.29) is 5.56 Å². The number of ether oxygens (including phenoxy) is 1. The van der Waals surface area contributed by atoms with Crippen molar-refractivity contribution in [2.24, 2.45) is 5.73 Å². The molecule has 0 radical (unpaired) electrons. The molecule has 3 N–H and O–H groups in total. The van der Waals surface area contributed by atoms with E-state index in [1.807, 2.05) is 30.3 Å². The summed E-state index contributed by atoms with van der Waals surface area (Å²) in [5, 5.41) is 6.86. The van der Waals surface area contributed by atoms with Gasteiger partial charge in [0.25, 0.3) is 11.5 Å². The number of nitrogens with zero attached hydrogens (tertiary/aromatic N) is 4. The van der Waals surface area contributed by atoms with Crippen molar-refractivity contribution in [3.63, 3.8) is 0 Å². The van der Waals surface area contributed by atoms with E-state index in [4.69, 9.17) is 10.5 Å². The highest BCUT2D eigenvalue weighted by molar-refractivity contribution is 7.22. The monoisotopic (exact) mass is 546 g/mol. The average molecular weight is 547 g/mol. The number of rotatable bonds is 7. The molecule has 0 unspecified atom stereocenters. The van der Waals surface area contributed by atoms with Gasteiger partial charge in [-0.1, -0.05) is 24.3 Å². The number of pyridine rings is 2. The van der Waals surface area contributed by atoms with Crippen LogP contribution in [-0.4, -0.2) is 25.7 Å². The van der Waals surface area contributed by atoms with Crippen molar-refractivity contribution in [3.8, 4) is 27.8 Å². The molecule has 0 aliphatic heterocycles. The number of amides is 1. The van der Waals surface area contributed by atoms with Crippen LogP contribution in [0.5, 0.6) is 11.5 Å². The Labute approximate surface area is 232 Å². The van der Waals surface area contributed by atoms with Crippen LogP contribution in [0.3, 0.4) is 0 Å². The average Bonchev–Trinajstić information content (AvgIpc) is 3.44. The number of nitrogens with two attached hydrogens (primary N) is 1. The molecule has 1 amide bonds. The SMILES string of the molecule is NCc1ccc(-c2cc3nccc(Oc4ccc(NC(=O)c5ccnn(-c6ccccc6)c5=O)cc4)c3s2)nc1. The Bertz CT molecular complexity index is 1870. The highest BCUT2D eigenvalue weighted by atomic mass is 32.1. The fourth-order valence-corrected chi connectivity index (χ4v) is 5.12. The Hall–Kier alpha value is -5.19. The van der Waals surface area contributed by atoms with Gasteiger partial charge in [0.05, 0.1) is 26.5 Å². The first-order chi connectivity index (χ1) is 19.6. The van der Waals surface area contributed by atoms with Crippen molar-refractivity contribution in [2.45, 2.75) is 6.54 Å². The van der Waals surface area contributed by atoms with Gasteiger partial charge in [0.15, 0.2) is 0 Å². The summed E-state index contributed by atoms with van der Waals surface area (Å²) in [6, 6.07) is 25.0. The smallest absolute Gasteiger partial charge is 0.284 e. The van der Waals surface area contributed by atoms with Crippen LogP contribution < -0.4 is 21.3 Å². The lowest BCUT2D eigenvalue weighted by Crippen LogP contribution is -2.29. The van der Waals surface area contributed by atoms with Crippen LogP contribution in [0.4, 0.5) is 5.69 Å². The second-order valence-electron chi connectivity index (χ2n) is 8.77. The highest BCUT2D eigenvalue weighted by Gasteiger charge is 2.15. The van der Waals surface area contributed by atoms with Crippen LogP contribution in [0, 0.1) is 0 Å². The molecule has 10 heteroatoms. The molecular formula is C30H22N6O3S. The van der Waals surface area contributed by atoms with E-state index in [1.165, 1.54) is 16.9 Å². The fourth-order valence-electron chi connectivity index (χ4n) is 4.08. The Morgan fingerprint density at radius 2 is 1.77 bits per heavy atom. The van der Waals surface area contributed by atoms with E-state index in [0.29, 0.717) is 29.4 Å². The molecule has 0 saturated heterocycles. The van der Waals surface area contributed by atoms with Crippen LogP contribution in [0.25, 0.3) is 26.5 Å². The quantitative estimate of drug-likeness (QED) is 0.274. The molecule has 9 nitrogen and oxygen atoms in total. The number of nitrogens with one attached hydrogen (secondary N) is 1. The van der Waals surface area contributed by atoms with Crippen molar-refractivity contribution in [1.29, 1.82) is 0 Å². The molecule has 0 spiro atoms. The minimum Gasteiger partial charge on any atom is -0.456 e. The molecule has 2 aromatic carbocycles. The van der Waals surface area contributed by atoms with Gasteiger partial charge in [-0.3, -0.25) is 19.6 Å². The van der Waals surface area contributed by atoms with Gasteiger partial charge < -0.3 is 15.8 Å². The molecule has 0 saturated carbocycles. The first-order valence-corrected chi connectivity index (χ1v) is 13.2. The third kappa shape index (κ3) is 5.08. The van der Waals surface area contributed by atoms with Crippen LogP contribution in [0.15, 0.2) is 108 Å². The molecule has 6 rings (SSSR count). The summed E-state index contributed by atoms with van der Waals surface area (Å²) in [5.74, 6) is 0.719. The second kappa shape index (κ2) is 10.9. The topological polar surface area (TPSA) is 125 Å². The first kappa shape index (κ1) is 25.1. The molecule has 0 bridgehead atoms. The summed E-state index contributed by atoms with van der Waals surface area (Å²) < 4.78 is 8.26. The molecular weight excluding hydrogens is 524 g/mol. The molecule has 6 aromatic rings.